The summed E-state index contributed by atoms with van der Waals surface area (Å²) in [6.45, 7) is 0.470. The van der Waals surface area contributed by atoms with Gasteiger partial charge >= 0.3 is 0 Å². The van der Waals surface area contributed by atoms with E-state index in [2.05, 4.69) is 21.1 Å². The lowest BCUT2D eigenvalue weighted by molar-refractivity contribution is 0.105. The number of rotatable bonds is 5. The summed E-state index contributed by atoms with van der Waals surface area (Å²) < 4.78 is 20.6. The predicted octanol–water partition coefficient (Wildman–Crippen LogP) is 3.40. The van der Waals surface area contributed by atoms with Crippen LogP contribution >= 0.6 is 15.9 Å². The second-order valence-electron chi connectivity index (χ2n) is 4.39. The first kappa shape index (κ1) is 15.5. The molecule has 0 aliphatic rings. The maximum absolute atomic E-state index is 14.1. The van der Waals surface area contributed by atoms with Crippen molar-refractivity contribution in [3.05, 3.63) is 69.4 Å². The minimum atomic E-state index is -0.540. The molecule has 3 N–H and O–H groups in total. The van der Waals surface area contributed by atoms with Crippen LogP contribution in [0.15, 0.2) is 52.1 Å². The van der Waals surface area contributed by atoms with Gasteiger partial charge in [-0.1, -0.05) is 45.4 Å². The molecule has 2 aromatic carbocycles. The minimum absolute atomic E-state index is 0.0565. The van der Waals surface area contributed by atoms with Gasteiger partial charge in [0.05, 0.1) is 18.8 Å². The highest BCUT2D eigenvalue weighted by Gasteiger charge is 2.11. The third kappa shape index (κ3) is 4.03. The maximum atomic E-state index is 14.1. The van der Waals surface area contributed by atoms with E-state index >= 15 is 0 Å². The van der Waals surface area contributed by atoms with E-state index in [0.29, 0.717) is 12.2 Å². The van der Waals surface area contributed by atoms with Gasteiger partial charge in [0.15, 0.2) is 5.84 Å². The topological polar surface area (TPSA) is 67.8 Å². The number of halogens is 2. The molecule has 0 aliphatic carbocycles. The Morgan fingerprint density at radius 2 is 2.00 bits per heavy atom. The summed E-state index contributed by atoms with van der Waals surface area (Å²) in [5.74, 6) is -0.802. The Labute approximate surface area is 130 Å². The molecule has 4 nitrogen and oxygen atoms in total. The molecule has 0 aromatic heterocycles. The Morgan fingerprint density at radius 1 is 1.24 bits per heavy atom. The van der Waals surface area contributed by atoms with E-state index in [4.69, 9.17) is 15.7 Å². The predicted molar refractivity (Wildman–Crippen MR) is 81.5 cm³/mol. The van der Waals surface area contributed by atoms with Crippen LogP contribution in [-0.4, -0.2) is 11.0 Å². The molecule has 2 rings (SSSR count). The average Bonchev–Trinajstić information content (AvgIpc) is 2.48. The Morgan fingerprint density at radius 3 is 2.71 bits per heavy atom. The van der Waals surface area contributed by atoms with Gasteiger partial charge in [0, 0.05) is 10.0 Å². The van der Waals surface area contributed by atoms with E-state index in [9.17, 15) is 4.39 Å². The molecule has 0 saturated heterocycles. The largest absolute Gasteiger partial charge is 0.409 e. The lowest BCUT2D eigenvalue weighted by Gasteiger charge is -2.08. The highest BCUT2D eigenvalue weighted by atomic mass is 79.9. The number of ether oxygens (including phenoxy) is 1. The molecular formula is C15H14BrFN2O2. The van der Waals surface area contributed by atoms with Crippen LogP contribution in [-0.2, 0) is 18.0 Å². The van der Waals surface area contributed by atoms with Crippen LogP contribution in [0.25, 0.3) is 0 Å². The van der Waals surface area contributed by atoms with Crippen molar-refractivity contribution < 1.29 is 14.3 Å². The number of oxime groups is 1. The lowest BCUT2D eigenvalue weighted by Crippen LogP contribution is -2.16. The van der Waals surface area contributed by atoms with E-state index in [1.165, 1.54) is 6.07 Å². The molecule has 0 atom stereocenters. The summed E-state index contributed by atoms with van der Waals surface area (Å²) in [6, 6.07) is 12.4. The zero-order chi connectivity index (χ0) is 15.2. The molecule has 0 amide bonds. The number of hydrogen-bond donors (Lipinski definition) is 2. The molecule has 0 spiro atoms. The fourth-order valence-corrected chi connectivity index (χ4v) is 2.30. The smallest absolute Gasteiger partial charge is 0.173 e. The lowest BCUT2D eigenvalue weighted by atomic mass is 10.1. The van der Waals surface area contributed by atoms with E-state index in [1.807, 2.05) is 24.3 Å². The normalized spacial score (nSPS) is 11.6. The van der Waals surface area contributed by atoms with E-state index in [0.717, 1.165) is 10.0 Å². The monoisotopic (exact) mass is 352 g/mol. The van der Waals surface area contributed by atoms with Crippen molar-refractivity contribution in [1.82, 2.24) is 0 Å². The van der Waals surface area contributed by atoms with Gasteiger partial charge < -0.3 is 15.7 Å². The van der Waals surface area contributed by atoms with Gasteiger partial charge in [-0.3, -0.25) is 0 Å². The second-order valence-corrected chi connectivity index (χ2v) is 5.30. The molecule has 0 bridgehead atoms. The van der Waals surface area contributed by atoms with Crippen molar-refractivity contribution in [1.29, 1.82) is 0 Å². The minimum Gasteiger partial charge on any atom is -0.409 e. The van der Waals surface area contributed by atoms with Crippen LogP contribution in [0.1, 0.15) is 16.7 Å². The zero-order valence-electron chi connectivity index (χ0n) is 11.1. The van der Waals surface area contributed by atoms with Crippen LogP contribution in [0.5, 0.6) is 0 Å². The summed E-state index contributed by atoms with van der Waals surface area (Å²) in [6.07, 6.45) is 0. The fraction of sp³-hybridized carbons (Fsp3) is 0.133. The van der Waals surface area contributed by atoms with E-state index in [-0.39, 0.29) is 18.0 Å². The van der Waals surface area contributed by atoms with Gasteiger partial charge in [-0.2, -0.15) is 0 Å². The van der Waals surface area contributed by atoms with Gasteiger partial charge in [-0.25, -0.2) is 4.39 Å². The van der Waals surface area contributed by atoms with Crippen molar-refractivity contribution in [2.45, 2.75) is 13.2 Å². The Kier molecular flexibility index (Phi) is 5.30. The van der Waals surface area contributed by atoms with Gasteiger partial charge in [-0.15, -0.1) is 0 Å². The number of nitrogens with zero attached hydrogens (tertiary/aromatic N) is 1. The molecule has 2 aromatic rings. The van der Waals surface area contributed by atoms with Crippen LogP contribution < -0.4 is 5.73 Å². The molecule has 0 aliphatic heterocycles. The third-order valence-electron chi connectivity index (χ3n) is 2.88. The molecule has 110 valence electrons. The molecule has 6 heteroatoms. The van der Waals surface area contributed by atoms with E-state index in [1.54, 1.807) is 12.1 Å². The van der Waals surface area contributed by atoms with Gasteiger partial charge in [0.25, 0.3) is 0 Å². The summed E-state index contributed by atoms with van der Waals surface area (Å²) in [5, 5.41) is 11.4. The SMILES string of the molecule is N/C(=N/O)c1cccc(COCc2cccc(Br)c2)c1F. The summed E-state index contributed by atoms with van der Waals surface area (Å²) in [5.41, 5.74) is 6.81. The first-order valence-electron chi connectivity index (χ1n) is 6.19. The van der Waals surface area contributed by atoms with Crippen LogP contribution in [0.2, 0.25) is 0 Å². The first-order valence-corrected chi connectivity index (χ1v) is 6.98. The zero-order valence-corrected chi connectivity index (χ0v) is 12.7. The second kappa shape index (κ2) is 7.19. The maximum Gasteiger partial charge on any atom is 0.173 e. The van der Waals surface area contributed by atoms with Crippen LogP contribution in [0.4, 0.5) is 4.39 Å². The highest BCUT2D eigenvalue weighted by molar-refractivity contribution is 9.10. The van der Waals surface area contributed by atoms with Crippen molar-refractivity contribution in [3.8, 4) is 0 Å². The summed E-state index contributed by atoms with van der Waals surface area (Å²) in [4.78, 5) is 0. The quantitative estimate of drug-likeness (QED) is 0.375. The van der Waals surface area contributed by atoms with Crippen molar-refractivity contribution in [2.24, 2.45) is 10.9 Å². The average molecular weight is 353 g/mol. The fourth-order valence-electron chi connectivity index (χ4n) is 1.85. The van der Waals surface area contributed by atoms with Gasteiger partial charge in [0.1, 0.15) is 5.82 Å². The van der Waals surface area contributed by atoms with Gasteiger partial charge in [0.2, 0.25) is 0 Å². The summed E-state index contributed by atoms with van der Waals surface area (Å²) >= 11 is 3.38. The van der Waals surface area contributed by atoms with Gasteiger partial charge in [-0.05, 0) is 23.8 Å². The first-order chi connectivity index (χ1) is 10.1. The Balaban J connectivity index is 2.04. The summed E-state index contributed by atoms with van der Waals surface area (Å²) in [7, 11) is 0. The number of nitrogens with two attached hydrogens (primary N) is 1. The molecular weight excluding hydrogens is 339 g/mol. The van der Waals surface area contributed by atoms with E-state index < -0.39 is 5.82 Å². The van der Waals surface area contributed by atoms with Crippen molar-refractivity contribution in [3.63, 3.8) is 0 Å². The Hall–Kier alpha value is -1.92. The number of amidine groups is 1. The van der Waals surface area contributed by atoms with Crippen LogP contribution in [0.3, 0.4) is 0 Å². The molecule has 21 heavy (non-hydrogen) atoms. The molecule has 0 fully saturated rings. The van der Waals surface area contributed by atoms with Crippen molar-refractivity contribution in [2.75, 3.05) is 0 Å². The van der Waals surface area contributed by atoms with Crippen LogP contribution in [0, 0.1) is 5.82 Å². The molecule has 0 heterocycles. The standard InChI is InChI=1S/C15H14BrFN2O2/c16-12-5-1-3-10(7-12)8-21-9-11-4-2-6-13(14(11)17)15(18)19-20/h1-7,20H,8-9H2,(H2,18,19). The van der Waals surface area contributed by atoms with Crippen molar-refractivity contribution >= 4 is 21.8 Å². The number of benzene rings is 2. The number of hydrogen-bond acceptors (Lipinski definition) is 3. The molecule has 0 unspecified atom stereocenters. The molecule has 0 saturated carbocycles. The Bertz CT molecular complexity index is 662. The third-order valence-corrected chi connectivity index (χ3v) is 3.37. The highest BCUT2D eigenvalue weighted by Crippen LogP contribution is 2.16. The molecule has 0 radical (unpaired) electrons.